The lowest BCUT2D eigenvalue weighted by Gasteiger charge is -2.41. The number of hydrogen-bond acceptors (Lipinski definition) is 6. The molecule has 0 spiro atoms. The number of nitrogens with zero attached hydrogens (tertiary/aromatic N) is 4. The van der Waals surface area contributed by atoms with Crippen molar-refractivity contribution in [2.24, 2.45) is 0 Å². The van der Waals surface area contributed by atoms with Gasteiger partial charge in [0.25, 0.3) is 0 Å². The SMILES string of the molecule is BC(O)(O)N1C(=C)N(c2ccnc(Cl)n2)CC1(B)B. The first-order valence-corrected chi connectivity index (χ1v) is 6.21. The van der Waals surface area contributed by atoms with Crippen molar-refractivity contribution in [3.63, 3.8) is 0 Å². The minimum Gasteiger partial charge on any atom is -0.357 e. The van der Waals surface area contributed by atoms with E-state index in [9.17, 15) is 10.2 Å². The fourth-order valence-corrected chi connectivity index (χ4v) is 2.67. The van der Waals surface area contributed by atoms with Crippen molar-refractivity contribution in [1.82, 2.24) is 14.9 Å². The first-order valence-electron chi connectivity index (χ1n) is 5.83. The van der Waals surface area contributed by atoms with E-state index in [-0.39, 0.29) is 5.28 Å². The molecule has 10 heteroatoms. The van der Waals surface area contributed by atoms with Crippen molar-refractivity contribution in [2.75, 3.05) is 11.4 Å². The van der Waals surface area contributed by atoms with E-state index >= 15 is 0 Å². The van der Waals surface area contributed by atoms with Crippen LogP contribution in [0, 0.1) is 0 Å². The van der Waals surface area contributed by atoms with Gasteiger partial charge < -0.3 is 20.0 Å². The van der Waals surface area contributed by atoms with Crippen molar-refractivity contribution in [2.45, 2.75) is 11.1 Å². The van der Waals surface area contributed by atoms with E-state index < -0.39 is 11.1 Å². The summed E-state index contributed by atoms with van der Waals surface area (Å²) < 4.78 is 0. The van der Waals surface area contributed by atoms with Gasteiger partial charge in [-0.2, -0.15) is 0 Å². The number of hydrogen-bond donors (Lipinski definition) is 2. The second kappa shape index (κ2) is 4.43. The number of anilines is 1. The first kappa shape index (κ1) is 14.2. The van der Waals surface area contributed by atoms with Crippen LogP contribution in [0.3, 0.4) is 0 Å². The highest BCUT2D eigenvalue weighted by Gasteiger charge is 2.47. The van der Waals surface area contributed by atoms with Crippen LogP contribution in [0.1, 0.15) is 0 Å². The van der Waals surface area contributed by atoms with Gasteiger partial charge >= 0.3 is 0 Å². The topological polar surface area (TPSA) is 72.7 Å². The molecule has 6 nitrogen and oxygen atoms in total. The van der Waals surface area contributed by atoms with Crippen molar-refractivity contribution >= 4 is 41.0 Å². The van der Waals surface area contributed by atoms with Gasteiger partial charge in [-0.1, -0.05) is 6.58 Å². The van der Waals surface area contributed by atoms with Crippen molar-refractivity contribution in [1.29, 1.82) is 0 Å². The predicted molar refractivity (Wildman–Crippen MR) is 80.9 cm³/mol. The van der Waals surface area contributed by atoms with Crippen LogP contribution < -0.4 is 4.90 Å². The lowest BCUT2D eigenvalue weighted by atomic mass is 9.60. The lowest BCUT2D eigenvalue weighted by molar-refractivity contribution is -0.186. The van der Waals surface area contributed by atoms with Gasteiger partial charge in [-0.05, 0) is 17.7 Å². The van der Waals surface area contributed by atoms with Gasteiger partial charge in [-0.3, -0.25) is 0 Å². The maximum atomic E-state index is 9.88. The Kier molecular flexibility index (Phi) is 3.32. The van der Waals surface area contributed by atoms with Gasteiger partial charge in [-0.15, -0.1) is 0 Å². The summed E-state index contributed by atoms with van der Waals surface area (Å²) in [6.07, 6.45) is 1.55. The van der Waals surface area contributed by atoms with Gasteiger partial charge in [-0.25, -0.2) is 9.97 Å². The fraction of sp³-hybridized carbons (Fsp3) is 0.333. The Hall–Kier alpha value is -1.18. The van der Waals surface area contributed by atoms with Gasteiger partial charge in [0.05, 0.1) is 0 Å². The minimum atomic E-state index is -1.99. The Morgan fingerprint density at radius 2 is 2.11 bits per heavy atom. The van der Waals surface area contributed by atoms with Crippen LogP contribution in [0.5, 0.6) is 0 Å². The summed E-state index contributed by atoms with van der Waals surface area (Å²) in [7, 11) is 5.09. The molecule has 0 radical (unpaired) electrons. The van der Waals surface area contributed by atoms with E-state index in [1.807, 2.05) is 15.7 Å². The molecule has 98 valence electrons. The zero-order valence-corrected chi connectivity index (χ0v) is 11.9. The van der Waals surface area contributed by atoms with Gasteiger partial charge in [0, 0.05) is 18.1 Å². The average molecular weight is 278 g/mol. The van der Waals surface area contributed by atoms with Crippen molar-refractivity contribution in [3.05, 3.63) is 29.9 Å². The average Bonchev–Trinajstić information content (AvgIpc) is 2.47. The third-order valence-corrected chi connectivity index (χ3v) is 3.21. The van der Waals surface area contributed by atoms with E-state index in [0.717, 1.165) is 0 Å². The second-order valence-corrected chi connectivity index (χ2v) is 5.64. The van der Waals surface area contributed by atoms with Crippen LogP contribution in [0.15, 0.2) is 24.7 Å². The molecule has 1 aliphatic rings. The van der Waals surface area contributed by atoms with Crippen LogP contribution >= 0.6 is 11.6 Å². The first-order chi connectivity index (χ1) is 8.63. The van der Waals surface area contributed by atoms with E-state index in [1.165, 1.54) is 12.7 Å². The molecular formula is C9H14B3ClN4O2. The van der Waals surface area contributed by atoms with Crippen LogP contribution in [-0.2, 0) is 0 Å². The Labute approximate surface area is 119 Å². The Bertz CT molecular complexity index is 522. The summed E-state index contributed by atoms with van der Waals surface area (Å²) in [6.45, 7) is 4.42. The highest BCUT2D eigenvalue weighted by atomic mass is 35.5. The zero-order valence-electron chi connectivity index (χ0n) is 11.1. The summed E-state index contributed by atoms with van der Waals surface area (Å²) >= 11 is 5.78. The molecule has 19 heavy (non-hydrogen) atoms. The summed E-state index contributed by atoms with van der Waals surface area (Å²) in [4.78, 5) is 11.2. The van der Waals surface area contributed by atoms with Crippen LogP contribution in [0.25, 0.3) is 0 Å². The van der Waals surface area contributed by atoms with Crippen LogP contribution in [-0.4, -0.2) is 66.3 Å². The molecule has 2 heterocycles. The summed E-state index contributed by atoms with van der Waals surface area (Å²) in [5.74, 6) is -0.969. The molecular weight excluding hydrogens is 264 g/mol. The maximum Gasteiger partial charge on any atom is 0.224 e. The standard InChI is InChI=1S/C9H14B3ClN4O2/c1-5-16(6-2-3-14-7(13)15-6)4-8(10,11)17(5)9(12,18)19/h2-3,18-19H,1,4,10-12H2. The molecule has 0 aliphatic carbocycles. The van der Waals surface area contributed by atoms with E-state index in [4.69, 9.17) is 11.6 Å². The molecule has 0 aromatic carbocycles. The molecule has 2 rings (SSSR count). The molecule has 0 saturated carbocycles. The molecule has 0 atom stereocenters. The highest BCUT2D eigenvalue weighted by Crippen LogP contribution is 2.34. The Balaban J connectivity index is 2.39. The molecule has 0 unspecified atom stereocenters. The second-order valence-electron chi connectivity index (χ2n) is 5.30. The fourth-order valence-electron chi connectivity index (χ4n) is 2.53. The molecule has 0 amide bonds. The molecule has 1 aromatic rings. The number of halogens is 1. The maximum absolute atomic E-state index is 9.88. The van der Waals surface area contributed by atoms with Crippen molar-refractivity contribution in [3.8, 4) is 0 Å². The summed E-state index contributed by atoms with van der Waals surface area (Å²) in [6, 6.07) is 1.70. The molecule has 1 aromatic heterocycles. The molecule has 1 saturated heterocycles. The Morgan fingerprint density at radius 3 is 2.58 bits per heavy atom. The summed E-state index contributed by atoms with van der Waals surface area (Å²) in [5.41, 5.74) is 0. The van der Waals surface area contributed by atoms with Gasteiger partial charge in [0.1, 0.15) is 27.3 Å². The lowest BCUT2D eigenvalue weighted by Crippen LogP contribution is -2.59. The molecule has 0 bridgehead atoms. The smallest absolute Gasteiger partial charge is 0.224 e. The third-order valence-electron chi connectivity index (χ3n) is 3.03. The molecule has 1 aliphatic heterocycles. The molecule has 1 fully saturated rings. The third kappa shape index (κ3) is 2.58. The number of aliphatic hydroxyl groups is 2. The van der Waals surface area contributed by atoms with Crippen molar-refractivity contribution < 1.29 is 10.2 Å². The molecule has 2 N–H and O–H groups in total. The van der Waals surface area contributed by atoms with Gasteiger partial charge in [0.2, 0.25) is 13.1 Å². The summed E-state index contributed by atoms with van der Waals surface area (Å²) in [5, 5.41) is 19.4. The predicted octanol–water partition coefficient (Wildman–Crippen LogP) is -3.13. The zero-order chi connectivity index (χ0) is 14.4. The largest absolute Gasteiger partial charge is 0.357 e. The van der Waals surface area contributed by atoms with Crippen LogP contribution in [0.4, 0.5) is 5.82 Å². The minimum absolute atomic E-state index is 0.136. The number of aromatic nitrogens is 2. The van der Waals surface area contributed by atoms with E-state index in [1.54, 1.807) is 17.2 Å². The van der Waals surface area contributed by atoms with Gasteiger partial charge in [0.15, 0.2) is 5.81 Å². The van der Waals surface area contributed by atoms with E-state index in [2.05, 4.69) is 16.5 Å². The normalized spacial score (nSPS) is 19.0. The highest BCUT2D eigenvalue weighted by molar-refractivity contribution is 6.41. The number of rotatable bonds is 2. The van der Waals surface area contributed by atoms with E-state index in [0.29, 0.717) is 18.2 Å². The van der Waals surface area contributed by atoms with Crippen LogP contribution in [0.2, 0.25) is 5.28 Å². The monoisotopic (exact) mass is 278 g/mol. The Morgan fingerprint density at radius 1 is 1.47 bits per heavy atom. The quantitative estimate of drug-likeness (QED) is 0.339.